The number of aromatic nitrogens is 2. The van der Waals surface area contributed by atoms with E-state index in [0.29, 0.717) is 18.6 Å². The van der Waals surface area contributed by atoms with Crippen molar-refractivity contribution >= 4 is 34.6 Å². The third kappa shape index (κ3) is 4.35. The molecule has 1 saturated heterocycles. The number of aromatic amines is 1. The van der Waals surface area contributed by atoms with Crippen molar-refractivity contribution in [2.45, 2.75) is 29.9 Å². The smallest absolute Gasteiger partial charge is 0.269 e. The zero-order valence-corrected chi connectivity index (χ0v) is 15.9. The van der Waals surface area contributed by atoms with Crippen LogP contribution in [-0.2, 0) is 15.3 Å². The zero-order valence-electron chi connectivity index (χ0n) is 15.1. The van der Waals surface area contributed by atoms with Gasteiger partial charge in [-0.1, -0.05) is 36.0 Å². The molecule has 8 heteroatoms. The van der Waals surface area contributed by atoms with Crippen molar-refractivity contribution in [2.24, 2.45) is 0 Å². The molecule has 0 bridgehead atoms. The molecule has 1 fully saturated rings. The van der Waals surface area contributed by atoms with Gasteiger partial charge >= 0.3 is 0 Å². The topological polar surface area (TPSA) is 96.1 Å². The molecule has 3 N–H and O–H groups in total. The molecule has 0 radical (unpaired) electrons. The number of H-pyrrole nitrogens is 1. The molecule has 0 unspecified atom stereocenters. The van der Waals surface area contributed by atoms with Gasteiger partial charge in [0.2, 0.25) is 0 Å². The van der Waals surface area contributed by atoms with E-state index in [2.05, 4.69) is 20.8 Å². The van der Waals surface area contributed by atoms with E-state index in [-0.39, 0.29) is 11.8 Å². The number of hydrogen-bond acceptors (Lipinski definition) is 5. The predicted molar refractivity (Wildman–Crippen MR) is 107 cm³/mol. The monoisotopic (exact) mass is 396 g/mol. The normalized spacial score (nSPS) is 16.2. The maximum atomic E-state index is 12.2. The van der Waals surface area contributed by atoms with E-state index < -0.39 is 6.10 Å². The summed E-state index contributed by atoms with van der Waals surface area (Å²) in [5.74, 6) is 0.0600. The van der Waals surface area contributed by atoms with E-state index in [1.807, 2.05) is 36.4 Å². The van der Waals surface area contributed by atoms with Gasteiger partial charge in [0.05, 0.1) is 11.0 Å². The lowest BCUT2D eigenvalue weighted by molar-refractivity contribution is -0.130. The van der Waals surface area contributed by atoms with Crippen LogP contribution in [-0.4, -0.2) is 34.5 Å². The summed E-state index contributed by atoms with van der Waals surface area (Å²) in [5.41, 5.74) is 8.36. The number of amides is 2. The van der Waals surface area contributed by atoms with E-state index in [4.69, 9.17) is 4.74 Å². The molecule has 2 amide bonds. The summed E-state index contributed by atoms with van der Waals surface area (Å²) in [4.78, 5) is 31.8. The lowest BCUT2D eigenvalue weighted by Crippen LogP contribution is -2.46. The van der Waals surface area contributed by atoms with Gasteiger partial charge in [0.15, 0.2) is 5.16 Å². The van der Waals surface area contributed by atoms with Crippen LogP contribution in [0.4, 0.5) is 0 Å². The van der Waals surface area contributed by atoms with E-state index in [9.17, 15) is 9.59 Å². The van der Waals surface area contributed by atoms with Gasteiger partial charge in [-0.25, -0.2) is 4.98 Å². The summed E-state index contributed by atoms with van der Waals surface area (Å²) >= 11 is 1.60. The number of benzene rings is 2. The van der Waals surface area contributed by atoms with Gasteiger partial charge in [-0.05, 0) is 42.7 Å². The Morgan fingerprint density at radius 3 is 2.71 bits per heavy atom. The Morgan fingerprint density at radius 2 is 1.96 bits per heavy atom. The summed E-state index contributed by atoms with van der Waals surface area (Å²) in [6, 6.07) is 15.2. The standard InChI is InChI=1S/C20H20N4O3S/c25-18(23-24-19(26)17-6-3-11-27-17)14-9-7-13(8-10-14)12-28-20-21-15-4-1-2-5-16(15)22-20/h1-2,4-5,7-10,17H,3,6,11-12H2,(H,21,22)(H,23,25)(H,24,26)/t17-/m1/s1. The van der Waals surface area contributed by atoms with Crippen LogP contribution in [0.2, 0.25) is 0 Å². The highest BCUT2D eigenvalue weighted by Crippen LogP contribution is 2.23. The van der Waals surface area contributed by atoms with Crippen molar-refractivity contribution in [3.8, 4) is 0 Å². The summed E-state index contributed by atoms with van der Waals surface area (Å²) in [6.45, 7) is 0.583. The lowest BCUT2D eigenvalue weighted by atomic mass is 10.1. The maximum Gasteiger partial charge on any atom is 0.269 e. The molecule has 1 aliphatic heterocycles. The van der Waals surface area contributed by atoms with Gasteiger partial charge in [-0.2, -0.15) is 0 Å². The zero-order chi connectivity index (χ0) is 19.3. The maximum absolute atomic E-state index is 12.2. The van der Waals surface area contributed by atoms with Gasteiger partial charge < -0.3 is 9.72 Å². The minimum atomic E-state index is -0.474. The highest BCUT2D eigenvalue weighted by atomic mass is 32.2. The van der Waals surface area contributed by atoms with Crippen LogP contribution >= 0.6 is 11.8 Å². The first-order valence-electron chi connectivity index (χ1n) is 9.07. The number of para-hydroxylation sites is 2. The molecule has 1 aliphatic rings. The van der Waals surface area contributed by atoms with Crippen LogP contribution in [0.3, 0.4) is 0 Å². The minimum Gasteiger partial charge on any atom is -0.368 e. The fraction of sp³-hybridized carbons (Fsp3) is 0.250. The Morgan fingerprint density at radius 1 is 1.14 bits per heavy atom. The summed E-state index contributed by atoms with van der Waals surface area (Å²) in [7, 11) is 0. The molecular formula is C20H20N4O3S. The third-order valence-electron chi connectivity index (χ3n) is 4.48. The molecule has 144 valence electrons. The van der Waals surface area contributed by atoms with Crippen LogP contribution in [0.1, 0.15) is 28.8 Å². The first-order valence-corrected chi connectivity index (χ1v) is 10.1. The number of nitrogens with one attached hydrogen (secondary N) is 3. The first-order chi connectivity index (χ1) is 13.7. The summed E-state index contributed by atoms with van der Waals surface area (Å²) in [5, 5.41) is 0.861. The highest BCUT2D eigenvalue weighted by molar-refractivity contribution is 7.98. The molecule has 0 aliphatic carbocycles. The van der Waals surface area contributed by atoms with Gasteiger partial charge in [-0.3, -0.25) is 20.4 Å². The number of carbonyl (C=O) groups excluding carboxylic acids is 2. The van der Waals surface area contributed by atoms with Crippen LogP contribution in [0.5, 0.6) is 0 Å². The van der Waals surface area contributed by atoms with Crippen LogP contribution in [0, 0.1) is 0 Å². The van der Waals surface area contributed by atoms with Crippen LogP contribution in [0.25, 0.3) is 11.0 Å². The number of fused-ring (bicyclic) bond motifs is 1. The number of rotatable bonds is 5. The Bertz CT molecular complexity index is 948. The van der Waals surface area contributed by atoms with Crippen LogP contribution < -0.4 is 10.9 Å². The van der Waals surface area contributed by atoms with Crippen molar-refractivity contribution in [3.05, 3.63) is 59.7 Å². The van der Waals surface area contributed by atoms with Crippen LogP contribution in [0.15, 0.2) is 53.7 Å². The highest BCUT2D eigenvalue weighted by Gasteiger charge is 2.23. The fourth-order valence-corrected chi connectivity index (χ4v) is 3.80. The molecule has 2 heterocycles. The summed E-state index contributed by atoms with van der Waals surface area (Å²) < 4.78 is 5.28. The quantitative estimate of drug-likeness (QED) is 0.455. The minimum absolute atomic E-state index is 0.315. The number of ether oxygens (including phenoxy) is 1. The molecule has 1 aromatic heterocycles. The Balaban J connectivity index is 1.29. The molecule has 2 aromatic carbocycles. The number of thioether (sulfide) groups is 1. The lowest BCUT2D eigenvalue weighted by Gasteiger charge is -2.11. The van der Waals surface area contributed by atoms with E-state index >= 15 is 0 Å². The summed E-state index contributed by atoms with van der Waals surface area (Å²) in [6.07, 6.45) is 1.07. The average molecular weight is 396 g/mol. The number of carbonyl (C=O) groups is 2. The number of hydrazine groups is 1. The van der Waals surface area contributed by atoms with Gasteiger partial charge in [0.1, 0.15) is 6.10 Å². The predicted octanol–water partition coefficient (Wildman–Crippen LogP) is 2.80. The Labute approximate surface area is 166 Å². The first kappa shape index (κ1) is 18.5. The number of nitrogens with zero attached hydrogens (tertiary/aromatic N) is 1. The Hall–Kier alpha value is -2.84. The van der Waals surface area contributed by atoms with Gasteiger partial charge in [-0.15, -0.1) is 0 Å². The molecule has 0 spiro atoms. The second-order valence-corrected chi connectivity index (χ2v) is 7.45. The molecule has 1 atom stereocenters. The average Bonchev–Trinajstić information content (AvgIpc) is 3.40. The molecule has 3 aromatic rings. The largest absolute Gasteiger partial charge is 0.368 e. The molecule has 28 heavy (non-hydrogen) atoms. The number of hydrogen-bond donors (Lipinski definition) is 3. The second-order valence-electron chi connectivity index (χ2n) is 6.49. The van der Waals surface area contributed by atoms with E-state index in [1.54, 1.807) is 23.9 Å². The fourth-order valence-electron chi connectivity index (χ4n) is 2.96. The van der Waals surface area contributed by atoms with Gasteiger partial charge in [0.25, 0.3) is 11.8 Å². The third-order valence-corrected chi connectivity index (χ3v) is 5.43. The van der Waals surface area contributed by atoms with Crippen molar-refractivity contribution in [2.75, 3.05) is 6.61 Å². The van der Waals surface area contributed by atoms with Crippen molar-refractivity contribution in [1.29, 1.82) is 0 Å². The van der Waals surface area contributed by atoms with Crippen molar-refractivity contribution in [3.63, 3.8) is 0 Å². The molecular weight excluding hydrogens is 376 g/mol. The van der Waals surface area contributed by atoms with E-state index in [1.165, 1.54) is 0 Å². The molecule has 0 saturated carbocycles. The van der Waals surface area contributed by atoms with Gasteiger partial charge in [0, 0.05) is 17.9 Å². The SMILES string of the molecule is O=C(NNC(=O)[C@H]1CCCO1)c1ccc(CSc2nc3ccccc3[nH]2)cc1. The number of imidazole rings is 1. The van der Waals surface area contributed by atoms with Crippen molar-refractivity contribution < 1.29 is 14.3 Å². The second kappa shape index (κ2) is 8.45. The molecule has 7 nitrogen and oxygen atoms in total. The molecule has 4 rings (SSSR count). The van der Waals surface area contributed by atoms with E-state index in [0.717, 1.165) is 33.9 Å². The Kier molecular flexibility index (Phi) is 5.59. The van der Waals surface area contributed by atoms with Crippen molar-refractivity contribution in [1.82, 2.24) is 20.8 Å².